The minimum absolute atomic E-state index is 0.118. The van der Waals surface area contributed by atoms with Gasteiger partial charge in [0.25, 0.3) is 11.4 Å². The second kappa shape index (κ2) is 10.0. The molecule has 132 valence electrons. The fourth-order valence-corrected chi connectivity index (χ4v) is 3.91. The molecule has 0 saturated carbocycles. The molecule has 0 aliphatic carbocycles. The van der Waals surface area contributed by atoms with Gasteiger partial charge in [-0.15, -0.1) is 23.5 Å². The van der Waals surface area contributed by atoms with Crippen molar-refractivity contribution in [3.8, 4) is 0 Å². The maximum atomic E-state index is 10.6. The highest BCUT2D eigenvalue weighted by Crippen LogP contribution is 2.24. The fourth-order valence-electron chi connectivity index (χ4n) is 2.09. The molecule has 0 aliphatic rings. The monoisotopic (exact) mass is 378 g/mol. The van der Waals surface area contributed by atoms with E-state index < -0.39 is 9.85 Å². The van der Waals surface area contributed by atoms with Crippen molar-refractivity contribution in [1.29, 1.82) is 0 Å². The molecule has 0 spiro atoms. The highest BCUT2D eigenvalue weighted by atomic mass is 32.2. The molecule has 2 rings (SSSR count). The van der Waals surface area contributed by atoms with Crippen molar-refractivity contribution in [3.63, 3.8) is 0 Å². The van der Waals surface area contributed by atoms with E-state index in [0.29, 0.717) is 0 Å². The van der Waals surface area contributed by atoms with Crippen molar-refractivity contribution in [2.24, 2.45) is 0 Å². The average molecular weight is 378 g/mol. The van der Waals surface area contributed by atoms with Gasteiger partial charge in [-0.2, -0.15) is 0 Å². The zero-order valence-electron chi connectivity index (χ0n) is 13.5. The number of nitro groups is 2. The number of non-ortho nitro benzene ring substituents is 2. The van der Waals surface area contributed by atoms with Gasteiger partial charge in [-0.25, -0.2) is 0 Å². The fraction of sp³-hybridized carbons (Fsp3) is 0.294. The minimum atomic E-state index is -0.392. The summed E-state index contributed by atoms with van der Waals surface area (Å²) in [5.41, 5.74) is 0.236. The number of thioether (sulfide) groups is 2. The van der Waals surface area contributed by atoms with Crippen LogP contribution in [0.2, 0.25) is 0 Å². The molecule has 0 atom stereocenters. The van der Waals surface area contributed by atoms with Crippen LogP contribution in [0.25, 0.3) is 0 Å². The molecule has 0 unspecified atom stereocenters. The summed E-state index contributed by atoms with van der Waals surface area (Å²) in [7, 11) is 0. The van der Waals surface area contributed by atoms with Gasteiger partial charge in [0, 0.05) is 34.1 Å². The predicted molar refractivity (Wildman–Crippen MR) is 101 cm³/mol. The third-order valence-corrected chi connectivity index (χ3v) is 5.62. The Hall–Kier alpha value is -2.06. The highest BCUT2D eigenvalue weighted by molar-refractivity contribution is 7.99. The topological polar surface area (TPSA) is 86.3 Å². The molecule has 0 aromatic heterocycles. The molecule has 0 fully saturated rings. The second-order valence-corrected chi connectivity index (χ2v) is 7.60. The van der Waals surface area contributed by atoms with E-state index >= 15 is 0 Å². The second-order valence-electron chi connectivity index (χ2n) is 5.26. The van der Waals surface area contributed by atoms with Crippen LogP contribution in [0.5, 0.6) is 0 Å². The van der Waals surface area contributed by atoms with Crippen LogP contribution in [-0.2, 0) is 0 Å². The van der Waals surface area contributed by atoms with Crippen LogP contribution >= 0.6 is 23.5 Å². The van der Waals surface area contributed by atoms with Crippen molar-refractivity contribution in [1.82, 2.24) is 0 Å². The first-order chi connectivity index (χ1) is 12.1. The first kappa shape index (κ1) is 19.3. The van der Waals surface area contributed by atoms with E-state index in [-0.39, 0.29) is 11.4 Å². The highest BCUT2D eigenvalue weighted by Gasteiger charge is 2.05. The van der Waals surface area contributed by atoms with E-state index in [1.807, 2.05) is 0 Å². The number of unbranched alkanes of at least 4 members (excludes halogenated alkanes) is 2. The largest absolute Gasteiger partial charge is 0.269 e. The van der Waals surface area contributed by atoms with E-state index in [1.165, 1.54) is 24.3 Å². The summed E-state index contributed by atoms with van der Waals surface area (Å²) in [4.78, 5) is 22.5. The molecule has 0 saturated heterocycles. The Balaban J connectivity index is 1.57. The lowest BCUT2D eigenvalue weighted by molar-refractivity contribution is -0.385. The molecule has 0 amide bonds. The maximum Gasteiger partial charge on any atom is 0.269 e. The smallest absolute Gasteiger partial charge is 0.258 e. The number of hydrogen-bond donors (Lipinski definition) is 0. The van der Waals surface area contributed by atoms with Gasteiger partial charge in [-0.1, -0.05) is 6.42 Å². The summed E-state index contributed by atoms with van der Waals surface area (Å²) in [5.74, 6) is 1.97. The van der Waals surface area contributed by atoms with Crippen molar-refractivity contribution < 1.29 is 9.85 Å². The molecule has 2 aromatic carbocycles. The third-order valence-electron chi connectivity index (χ3n) is 3.42. The molecule has 25 heavy (non-hydrogen) atoms. The molecule has 0 N–H and O–H groups in total. The number of benzene rings is 2. The summed E-state index contributed by atoms with van der Waals surface area (Å²) in [5, 5.41) is 21.2. The van der Waals surface area contributed by atoms with Crippen LogP contribution in [-0.4, -0.2) is 21.4 Å². The third kappa shape index (κ3) is 6.75. The molecule has 6 nitrogen and oxygen atoms in total. The zero-order valence-corrected chi connectivity index (χ0v) is 15.1. The van der Waals surface area contributed by atoms with Crippen LogP contribution in [0.3, 0.4) is 0 Å². The number of hydrogen-bond acceptors (Lipinski definition) is 6. The summed E-state index contributed by atoms with van der Waals surface area (Å²) in [6, 6.07) is 13.3. The average Bonchev–Trinajstić information content (AvgIpc) is 2.61. The maximum absolute atomic E-state index is 10.6. The normalized spacial score (nSPS) is 10.6. The summed E-state index contributed by atoms with van der Waals surface area (Å²) in [6.07, 6.45) is 3.28. The Labute approximate surface area is 154 Å². The predicted octanol–water partition coefficient (Wildman–Crippen LogP) is 5.56. The molecular weight excluding hydrogens is 360 g/mol. The van der Waals surface area contributed by atoms with E-state index in [9.17, 15) is 20.2 Å². The molecule has 8 heteroatoms. The Morgan fingerprint density at radius 2 is 1.00 bits per heavy atom. The first-order valence-electron chi connectivity index (χ1n) is 7.81. The van der Waals surface area contributed by atoms with E-state index in [1.54, 1.807) is 47.8 Å². The minimum Gasteiger partial charge on any atom is -0.258 e. The van der Waals surface area contributed by atoms with Crippen molar-refractivity contribution in [2.75, 3.05) is 11.5 Å². The van der Waals surface area contributed by atoms with Crippen LogP contribution < -0.4 is 0 Å². The van der Waals surface area contributed by atoms with Gasteiger partial charge >= 0.3 is 0 Å². The van der Waals surface area contributed by atoms with Gasteiger partial charge < -0.3 is 0 Å². The SMILES string of the molecule is O=[N+]([O-])c1ccc(SCCCCCSc2ccc([N+](=O)[O-])cc2)cc1. The molecule has 2 aromatic rings. The lowest BCUT2D eigenvalue weighted by Crippen LogP contribution is -1.88. The van der Waals surface area contributed by atoms with Gasteiger partial charge in [-0.3, -0.25) is 20.2 Å². The van der Waals surface area contributed by atoms with Crippen LogP contribution in [0, 0.1) is 20.2 Å². The van der Waals surface area contributed by atoms with E-state index in [2.05, 4.69) is 0 Å². The first-order valence-corrected chi connectivity index (χ1v) is 9.78. The van der Waals surface area contributed by atoms with E-state index in [4.69, 9.17) is 0 Å². The molecule has 0 aliphatic heterocycles. The summed E-state index contributed by atoms with van der Waals surface area (Å²) in [6.45, 7) is 0. The number of nitrogens with zero attached hydrogens (tertiary/aromatic N) is 2. The number of nitro benzene ring substituents is 2. The standard InChI is InChI=1S/C17H18N2O4S2/c20-18(21)14-4-8-16(9-5-14)24-12-2-1-3-13-25-17-10-6-15(7-11-17)19(22)23/h4-11H,1-3,12-13H2. The van der Waals surface area contributed by atoms with Gasteiger partial charge in [0.1, 0.15) is 0 Å². The molecule has 0 bridgehead atoms. The van der Waals surface area contributed by atoms with E-state index in [0.717, 1.165) is 40.6 Å². The number of rotatable bonds is 10. The van der Waals surface area contributed by atoms with Crippen LogP contribution in [0.4, 0.5) is 11.4 Å². The van der Waals surface area contributed by atoms with Crippen molar-refractivity contribution >= 4 is 34.9 Å². The summed E-state index contributed by atoms with van der Waals surface area (Å²) < 4.78 is 0. The lowest BCUT2D eigenvalue weighted by atomic mass is 10.3. The Bertz CT molecular complexity index is 644. The molecular formula is C17H18N2O4S2. The van der Waals surface area contributed by atoms with Gasteiger partial charge in [0.15, 0.2) is 0 Å². The lowest BCUT2D eigenvalue weighted by Gasteiger charge is -2.03. The molecule has 0 heterocycles. The van der Waals surface area contributed by atoms with Gasteiger partial charge in [0.2, 0.25) is 0 Å². The van der Waals surface area contributed by atoms with Crippen LogP contribution in [0.15, 0.2) is 58.3 Å². The summed E-state index contributed by atoms with van der Waals surface area (Å²) >= 11 is 3.41. The van der Waals surface area contributed by atoms with Crippen LogP contribution in [0.1, 0.15) is 19.3 Å². The zero-order chi connectivity index (χ0) is 18.1. The van der Waals surface area contributed by atoms with Crippen molar-refractivity contribution in [2.45, 2.75) is 29.1 Å². The van der Waals surface area contributed by atoms with Gasteiger partial charge in [-0.05, 0) is 48.6 Å². The quantitative estimate of drug-likeness (QED) is 0.233. The Morgan fingerprint density at radius 1 is 0.640 bits per heavy atom. The van der Waals surface area contributed by atoms with Crippen molar-refractivity contribution in [3.05, 3.63) is 68.8 Å². The Morgan fingerprint density at radius 3 is 1.32 bits per heavy atom. The molecule has 0 radical (unpaired) electrons. The van der Waals surface area contributed by atoms with Gasteiger partial charge in [0.05, 0.1) is 9.85 Å². The Kier molecular flexibility index (Phi) is 7.75.